The molecule has 20 heavy (non-hydrogen) atoms. The van der Waals surface area contributed by atoms with E-state index in [0.717, 1.165) is 25.7 Å². The summed E-state index contributed by atoms with van der Waals surface area (Å²) in [5, 5.41) is 3.80. The smallest absolute Gasteiger partial charge is 0.261 e. The predicted molar refractivity (Wildman–Crippen MR) is 70.6 cm³/mol. The third-order valence-electron chi connectivity index (χ3n) is 3.14. The van der Waals surface area contributed by atoms with E-state index in [1.807, 2.05) is 0 Å². The minimum absolute atomic E-state index is 0.175. The first kappa shape index (κ1) is 17.0. The molecule has 1 atom stereocenters. The summed E-state index contributed by atoms with van der Waals surface area (Å²) in [5.74, 6) is 1.66. The van der Waals surface area contributed by atoms with E-state index < -0.39 is 13.0 Å². The van der Waals surface area contributed by atoms with Crippen LogP contribution in [0.1, 0.15) is 37.9 Å². The molecule has 1 heterocycles. The molecule has 0 aliphatic carbocycles. The summed E-state index contributed by atoms with van der Waals surface area (Å²) in [7, 11) is 0. The van der Waals surface area contributed by atoms with Crippen molar-refractivity contribution in [2.24, 2.45) is 11.7 Å². The van der Waals surface area contributed by atoms with E-state index in [4.69, 9.17) is 15.0 Å². The van der Waals surface area contributed by atoms with Gasteiger partial charge in [0.1, 0.15) is 6.61 Å². The first-order valence-electron chi connectivity index (χ1n) is 7.03. The highest BCUT2D eigenvalue weighted by atomic mass is 19.3. The van der Waals surface area contributed by atoms with Gasteiger partial charge in [0.15, 0.2) is 5.82 Å². The second-order valence-corrected chi connectivity index (χ2v) is 4.71. The summed E-state index contributed by atoms with van der Waals surface area (Å²) in [6, 6.07) is 0. The van der Waals surface area contributed by atoms with Crippen molar-refractivity contribution >= 4 is 0 Å². The Bertz CT molecular complexity index is 361. The van der Waals surface area contributed by atoms with Crippen LogP contribution in [-0.2, 0) is 17.6 Å². The molecule has 1 rings (SSSR count). The van der Waals surface area contributed by atoms with E-state index in [0.29, 0.717) is 30.6 Å². The highest BCUT2D eigenvalue weighted by molar-refractivity contribution is 4.87. The Balaban J connectivity index is 2.25. The van der Waals surface area contributed by atoms with Crippen molar-refractivity contribution in [3.8, 4) is 0 Å². The molecule has 0 saturated carbocycles. The molecule has 1 aromatic heterocycles. The van der Waals surface area contributed by atoms with Crippen LogP contribution in [0, 0.1) is 5.92 Å². The van der Waals surface area contributed by atoms with Crippen LogP contribution in [0.3, 0.4) is 0 Å². The van der Waals surface area contributed by atoms with Crippen molar-refractivity contribution in [3.05, 3.63) is 11.7 Å². The van der Waals surface area contributed by atoms with Crippen molar-refractivity contribution < 1.29 is 18.0 Å². The fraction of sp³-hybridized carbons (Fsp3) is 0.846. The number of ether oxygens (including phenoxy) is 1. The molecule has 0 bridgehead atoms. The Kier molecular flexibility index (Phi) is 8.29. The Morgan fingerprint density at radius 2 is 2.10 bits per heavy atom. The normalized spacial score (nSPS) is 13.1. The Hall–Kier alpha value is -1.08. The van der Waals surface area contributed by atoms with Gasteiger partial charge in [-0.25, -0.2) is 8.78 Å². The van der Waals surface area contributed by atoms with Gasteiger partial charge in [-0.15, -0.1) is 0 Å². The van der Waals surface area contributed by atoms with Crippen LogP contribution < -0.4 is 5.73 Å². The molecule has 1 aromatic rings. The summed E-state index contributed by atoms with van der Waals surface area (Å²) in [5.41, 5.74) is 5.55. The second kappa shape index (κ2) is 9.77. The van der Waals surface area contributed by atoms with Gasteiger partial charge in [0.2, 0.25) is 5.89 Å². The molecule has 5 nitrogen and oxygen atoms in total. The minimum Gasteiger partial charge on any atom is -0.375 e. The van der Waals surface area contributed by atoms with Gasteiger partial charge in [0, 0.05) is 12.8 Å². The zero-order chi connectivity index (χ0) is 14.8. The zero-order valence-corrected chi connectivity index (χ0v) is 11.9. The number of hydrogen-bond acceptors (Lipinski definition) is 5. The highest BCUT2D eigenvalue weighted by Gasteiger charge is 2.11. The third-order valence-corrected chi connectivity index (χ3v) is 3.14. The molecule has 2 N–H and O–H groups in total. The van der Waals surface area contributed by atoms with Gasteiger partial charge in [-0.05, 0) is 25.3 Å². The standard InChI is InChI=1S/C13H23F2N3O2/c1-2-10(5-7-16)3-4-13-17-12(18-20-13)6-8-19-9-11(14)15/h10-11H,2-9,16H2,1H3. The lowest BCUT2D eigenvalue weighted by atomic mass is 9.97. The van der Waals surface area contributed by atoms with Crippen LogP contribution in [0.25, 0.3) is 0 Å². The van der Waals surface area contributed by atoms with Crippen molar-refractivity contribution in [1.29, 1.82) is 0 Å². The van der Waals surface area contributed by atoms with Crippen molar-refractivity contribution in [2.45, 2.75) is 45.5 Å². The molecule has 0 aromatic carbocycles. The molecule has 0 aliphatic heterocycles. The lowest BCUT2D eigenvalue weighted by Gasteiger charge is -2.11. The molecule has 116 valence electrons. The molecule has 0 radical (unpaired) electrons. The number of aryl methyl sites for hydroxylation is 1. The fourth-order valence-corrected chi connectivity index (χ4v) is 1.94. The van der Waals surface area contributed by atoms with E-state index in [-0.39, 0.29) is 6.61 Å². The molecule has 1 unspecified atom stereocenters. The molecule has 0 amide bonds. The third kappa shape index (κ3) is 6.91. The van der Waals surface area contributed by atoms with Crippen LogP contribution in [-0.4, -0.2) is 36.3 Å². The lowest BCUT2D eigenvalue weighted by molar-refractivity contribution is 0.0182. The second-order valence-electron chi connectivity index (χ2n) is 4.71. The van der Waals surface area contributed by atoms with Gasteiger partial charge < -0.3 is 15.0 Å². The van der Waals surface area contributed by atoms with Crippen molar-refractivity contribution in [2.75, 3.05) is 19.8 Å². The monoisotopic (exact) mass is 291 g/mol. The van der Waals surface area contributed by atoms with Gasteiger partial charge in [-0.3, -0.25) is 0 Å². The van der Waals surface area contributed by atoms with Crippen molar-refractivity contribution in [1.82, 2.24) is 10.1 Å². The van der Waals surface area contributed by atoms with E-state index in [9.17, 15) is 8.78 Å². The maximum absolute atomic E-state index is 11.9. The SMILES string of the molecule is CCC(CCN)CCc1nc(CCOCC(F)F)no1. The van der Waals surface area contributed by atoms with Gasteiger partial charge in [-0.2, -0.15) is 4.98 Å². The van der Waals surface area contributed by atoms with Crippen LogP contribution in [0.4, 0.5) is 8.78 Å². The molecular formula is C13H23F2N3O2. The number of nitrogens with zero attached hydrogens (tertiary/aromatic N) is 2. The zero-order valence-electron chi connectivity index (χ0n) is 11.9. The molecule has 0 saturated heterocycles. The van der Waals surface area contributed by atoms with Crippen LogP contribution in [0.2, 0.25) is 0 Å². The van der Waals surface area contributed by atoms with Crippen molar-refractivity contribution in [3.63, 3.8) is 0 Å². The molecular weight excluding hydrogens is 268 g/mol. The van der Waals surface area contributed by atoms with Crippen LogP contribution in [0.15, 0.2) is 4.52 Å². The minimum atomic E-state index is -2.44. The number of halogens is 2. The highest BCUT2D eigenvalue weighted by Crippen LogP contribution is 2.15. The predicted octanol–water partition coefficient (Wildman–Crippen LogP) is 2.20. The molecule has 0 spiro atoms. The Morgan fingerprint density at radius 3 is 2.75 bits per heavy atom. The first-order chi connectivity index (χ1) is 9.65. The Labute approximate surface area is 117 Å². The summed E-state index contributed by atoms with van der Waals surface area (Å²) in [4.78, 5) is 4.22. The molecule has 0 aliphatic rings. The quantitative estimate of drug-likeness (QED) is 0.633. The summed E-state index contributed by atoms with van der Waals surface area (Å²) >= 11 is 0. The Morgan fingerprint density at radius 1 is 1.30 bits per heavy atom. The van der Waals surface area contributed by atoms with E-state index in [2.05, 4.69) is 17.1 Å². The number of hydrogen-bond donors (Lipinski definition) is 1. The fourth-order valence-electron chi connectivity index (χ4n) is 1.94. The lowest BCUT2D eigenvalue weighted by Crippen LogP contribution is -2.09. The van der Waals surface area contributed by atoms with Crippen LogP contribution >= 0.6 is 0 Å². The number of nitrogens with two attached hydrogens (primary N) is 1. The van der Waals surface area contributed by atoms with E-state index in [1.54, 1.807) is 0 Å². The summed E-state index contributed by atoms with van der Waals surface area (Å²) in [6.45, 7) is 2.45. The van der Waals surface area contributed by atoms with E-state index >= 15 is 0 Å². The molecule has 7 heteroatoms. The average Bonchev–Trinajstić information content (AvgIpc) is 2.87. The van der Waals surface area contributed by atoms with E-state index in [1.165, 1.54) is 0 Å². The maximum atomic E-state index is 11.9. The average molecular weight is 291 g/mol. The topological polar surface area (TPSA) is 74.2 Å². The van der Waals surface area contributed by atoms with Gasteiger partial charge in [0.25, 0.3) is 6.43 Å². The van der Waals surface area contributed by atoms with Gasteiger partial charge >= 0.3 is 0 Å². The number of rotatable bonds is 11. The maximum Gasteiger partial charge on any atom is 0.261 e. The summed E-state index contributed by atoms with van der Waals surface area (Å²) < 4.78 is 33.6. The van der Waals surface area contributed by atoms with Crippen LogP contribution in [0.5, 0.6) is 0 Å². The molecule has 0 fully saturated rings. The number of alkyl halides is 2. The van der Waals surface area contributed by atoms with Gasteiger partial charge in [0.05, 0.1) is 6.61 Å². The van der Waals surface area contributed by atoms with Gasteiger partial charge in [-0.1, -0.05) is 18.5 Å². The largest absolute Gasteiger partial charge is 0.375 e. The first-order valence-corrected chi connectivity index (χ1v) is 7.03. The number of aromatic nitrogens is 2. The summed E-state index contributed by atoms with van der Waals surface area (Å²) in [6.07, 6.45) is 1.72.